The first-order chi connectivity index (χ1) is 8.47. The molecule has 5 heteroatoms. The summed E-state index contributed by atoms with van der Waals surface area (Å²) in [5.74, 6) is -0.134. The van der Waals surface area contributed by atoms with Gasteiger partial charge in [0, 0.05) is 6.42 Å². The average molecular weight is 270 g/mol. The minimum Gasteiger partial charge on any atom is -0.481 e. The van der Waals surface area contributed by atoms with Gasteiger partial charge in [0.25, 0.3) is 0 Å². The summed E-state index contributed by atoms with van der Waals surface area (Å²) < 4.78 is 5.60. The van der Waals surface area contributed by atoms with Gasteiger partial charge in [0.2, 0.25) is 0 Å². The second-order valence-corrected chi connectivity index (χ2v) is 6.68. The molecule has 0 saturated heterocycles. The third kappa shape index (κ3) is 1.75. The van der Waals surface area contributed by atoms with E-state index in [0.717, 1.165) is 32.1 Å². The summed E-state index contributed by atoms with van der Waals surface area (Å²) >= 11 is 3.94. The van der Waals surface area contributed by atoms with Gasteiger partial charge in [0.15, 0.2) is 0 Å². The Morgan fingerprint density at radius 3 is 2.33 bits per heavy atom. The Morgan fingerprint density at radius 1 is 1.22 bits per heavy atom. The minimum atomic E-state index is -0.706. The number of carbonyl (C=O) groups is 2. The molecule has 0 heterocycles. The predicted molar refractivity (Wildman–Crippen MR) is 67.4 cm³/mol. The first-order valence-corrected chi connectivity index (χ1v) is 7.16. The van der Waals surface area contributed by atoms with Crippen molar-refractivity contribution in [3.8, 4) is 0 Å². The van der Waals surface area contributed by atoms with E-state index in [1.807, 2.05) is 0 Å². The zero-order valence-corrected chi connectivity index (χ0v) is 11.1. The van der Waals surface area contributed by atoms with Gasteiger partial charge >= 0.3 is 11.9 Å². The summed E-state index contributed by atoms with van der Waals surface area (Å²) in [5, 5.41) is 9.53. The Kier molecular flexibility index (Phi) is 2.66. The van der Waals surface area contributed by atoms with Gasteiger partial charge in [-0.2, -0.15) is 12.6 Å². The molecule has 0 spiro atoms. The lowest BCUT2D eigenvalue weighted by molar-refractivity contribution is -0.208. The number of esters is 1. The molecule has 0 radical (unpaired) electrons. The highest BCUT2D eigenvalue weighted by molar-refractivity contribution is 7.81. The van der Waals surface area contributed by atoms with E-state index in [0.29, 0.717) is 18.3 Å². The van der Waals surface area contributed by atoms with Gasteiger partial charge in [-0.3, -0.25) is 9.59 Å². The molecule has 0 amide bonds. The Hall–Kier alpha value is -0.710. The van der Waals surface area contributed by atoms with Crippen molar-refractivity contribution in [3.05, 3.63) is 0 Å². The normalized spacial score (nSPS) is 44.9. The van der Waals surface area contributed by atoms with E-state index in [1.165, 1.54) is 0 Å². The smallest absolute Gasteiger partial charge is 0.316 e. The molecule has 4 nitrogen and oxygen atoms in total. The molecular weight excluding hydrogens is 252 g/mol. The molecule has 4 bridgehead atoms. The Bertz CT molecular complexity index is 392. The molecule has 4 aliphatic rings. The van der Waals surface area contributed by atoms with Crippen molar-refractivity contribution in [1.29, 1.82) is 0 Å². The Labute approximate surface area is 111 Å². The molecular formula is C13H18O4S. The maximum atomic E-state index is 11.6. The Morgan fingerprint density at radius 2 is 1.83 bits per heavy atom. The number of carboxylic acids is 1. The molecule has 2 unspecified atom stereocenters. The average Bonchev–Trinajstić information content (AvgIpc) is 2.26. The largest absolute Gasteiger partial charge is 0.481 e. The number of aliphatic carboxylic acids is 1. The third-order valence-electron chi connectivity index (χ3n) is 4.92. The lowest BCUT2D eigenvalue weighted by Gasteiger charge is -2.59. The second kappa shape index (κ2) is 3.89. The van der Waals surface area contributed by atoms with Gasteiger partial charge in [0.05, 0.1) is 11.2 Å². The van der Waals surface area contributed by atoms with Crippen LogP contribution in [0.3, 0.4) is 0 Å². The van der Waals surface area contributed by atoms with E-state index in [9.17, 15) is 14.7 Å². The van der Waals surface area contributed by atoms with Crippen LogP contribution in [0.15, 0.2) is 0 Å². The number of carboxylic acid groups (broad SMARTS) is 1. The SMILES string of the molecule is O=C(CS)OC12CC3CC(C1)CC(C(=O)O)(C3)C2. The molecule has 1 N–H and O–H groups in total. The lowest BCUT2D eigenvalue weighted by Crippen LogP contribution is -2.59. The van der Waals surface area contributed by atoms with Crippen molar-refractivity contribution < 1.29 is 19.4 Å². The highest BCUT2D eigenvalue weighted by Gasteiger charge is 2.62. The zero-order valence-electron chi connectivity index (χ0n) is 10.2. The summed E-state index contributed by atoms with van der Waals surface area (Å²) in [6.07, 6.45) is 4.82. The molecule has 18 heavy (non-hydrogen) atoms. The van der Waals surface area contributed by atoms with E-state index in [1.54, 1.807) is 0 Å². The first kappa shape index (κ1) is 12.3. The van der Waals surface area contributed by atoms with Crippen molar-refractivity contribution in [2.75, 3.05) is 5.75 Å². The fraction of sp³-hybridized carbons (Fsp3) is 0.846. The third-order valence-corrected chi connectivity index (χ3v) is 5.18. The van der Waals surface area contributed by atoms with Crippen LogP contribution >= 0.6 is 12.6 Å². The highest BCUT2D eigenvalue weighted by atomic mass is 32.1. The number of thiol groups is 1. The van der Waals surface area contributed by atoms with Crippen LogP contribution in [0.2, 0.25) is 0 Å². The maximum absolute atomic E-state index is 11.6. The van der Waals surface area contributed by atoms with E-state index < -0.39 is 17.0 Å². The summed E-state index contributed by atoms with van der Waals surface area (Å²) in [6, 6.07) is 0. The molecule has 0 aromatic carbocycles. The van der Waals surface area contributed by atoms with Gasteiger partial charge in [-0.25, -0.2) is 0 Å². The molecule has 4 saturated carbocycles. The fourth-order valence-corrected chi connectivity index (χ4v) is 4.89. The van der Waals surface area contributed by atoms with Gasteiger partial charge in [0.1, 0.15) is 5.60 Å². The van der Waals surface area contributed by atoms with Crippen LogP contribution in [0.25, 0.3) is 0 Å². The lowest BCUT2D eigenvalue weighted by atomic mass is 9.48. The number of hydrogen-bond acceptors (Lipinski definition) is 4. The van der Waals surface area contributed by atoms with Crippen LogP contribution in [0.5, 0.6) is 0 Å². The standard InChI is InChI=1S/C13H18O4S/c14-10(6-18)17-13-4-8-1-9(5-13)3-12(2-8,7-13)11(15)16/h8-9,18H,1-7H2,(H,15,16). The predicted octanol–water partition coefficient (Wildman–Crippen LogP) is 1.88. The molecule has 0 aromatic rings. The van der Waals surface area contributed by atoms with Crippen molar-refractivity contribution in [2.45, 2.75) is 44.1 Å². The highest BCUT2D eigenvalue weighted by Crippen LogP contribution is 2.62. The number of hydrogen-bond donors (Lipinski definition) is 2. The van der Waals surface area contributed by atoms with Crippen LogP contribution in [0, 0.1) is 17.3 Å². The van der Waals surface area contributed by atoms with Crippen LogP contribution in [0.1, 0.15) is 38.5 Å². The molecule has 2 atom stereocenters. The summed E-state index contributed by atoms with van der Waals surface area (Å²) in [5.41, 5.74) is -1.15. The second-order valence-electron chi connectivity index (χ2n) is 6.36. The van der Waals surface area contributed by atoms with Crippen LogP contribution < -0.4 is 0 Å². The monoisotopic (exact) mass is 270 g/mol. The van der Waals surface area contributed by atoms with Gasteiger partial charge in [-0.15, -0.1) is 0 Å². The van der Waals surface area contributed by atoms with E-state index in [-0.39, 0.29) is 11.7 Å². The van der Waals surface area contributed by atoms with E-state index in [2.05, 4.69) is 12.6 Å². The number of rotatable bonds is 3. The van der Waals surface area contributed by atoms with Gasteiger partial charge < -0.3 is 9.84 Å². The summed E-state index contributed by atoms with van der Waals surface area (Å²) in [7, 11) is 0. The number of carbonyl (C=O) groups excluding carboxylic acids is 1. The van der Waals surface area contributed by atoms with Crippen molar-refractivity contribution in [3.63, 3.8) is 0 Å². The quantitative estimate of drug-likeness (QED) is 0.607. The number of ether oxygens (including phenoxy) is 1. The van der Waals surface area contributed by atoms with Crippen LogP contribution in [0.4, 0.5) is 0 Å². The topological polar surface area (TPSA) is 63.6 Å². The molecule has 0 aliphatic heterocycles. The van der Waals surface area contributed by atoms with Gasteiger partial charge in [-0.05, 0) is 43.9 Å². The van der Waals surface area contributed by atoms with Crippen molar-refractivity contribution in [2.24, 2.45) is 17.3 Å². The van der Waals surface area contributed by atoms with Gasteiger partial charge in [-0.1, -0.05) is 0 Å². The molecule has 4 fully saturated rings. The Balaban J connectivity index is 1.89. The van der Waals surface area contributed by atoms with E-state index >= 15 is 0 Å². The van der Waals surface area contributed by atoms with Crippen LogP contribution in [-0.4, -0.2) is 28.4 Å². The van der Waals surface area contributed by atoms with E-state index in [4.69, 9.17) is 4.74 Å². The fourth-order valence-electron chi connectivity index (χ4n) is 4.82. The van der Waals surface area contributed by atoms with Crippen molar-refractivity contribution >= 4 is 24.6 Å². The maximum Gasteiger partial charge on any atom is 0.316 e. The molecule has 4 aliphatic carbocycles. The van der Waals surface area contributed by atoms with Crippen LogP contribution in [-0.2, 0) is 14.3 Å². The molecule has 0 aromatic heterocycles. The van der Waals surface area contributed by atoms with Crippen molar-refractivity contribution in [1.82, 2.24) is 0 Å². The summed E-state index contributed by atoms with van der Waals surface area (Å²) in [6.45, 7) is 0. The zero-order chi connectivity index (χ0) is 13.0. The first-order valence-electron chi connectivity index (χ1n) is 6.53. The minimum absolute atomic E-state index is 0.0666. The molecule has 100 valence electrons. The molecule has 4 rings (SSSR count). The summed E-state index contributed by atoms with van der Waals surface area (Å²) in [4.78, 5) is 23.1.